The highest BCUT2D eigenvalue weighted by Crippen LogP contribution is 2.33. The smallest absolute Gasteiger partial charge is 0.0940 e. The van der Waals surface area contributed by atoms with Crippen molar-refractivity contribution in [2.75, 3.05) is 26.2 Å². The molecule has 1 aromatic heterocycles. The van der Waals surface area contributed by atoms with E-state index in [1.165, 1.54) is 4.88 Å². The van der Waals surface area contributed by atoms with Gasteiger partial charge in [-0.05, 0) is 26.0 Å². The topological polar surface area (TPSA) is 58.7 Å². The van der Waals surface area contributed by atoms with Crippen molar-refractivity contribution in [1.29, 1.82) is 0 Å². The minimum absolute atomic E-state index is 0.0302. The van der Waals surface area contributed by atoms with Crippen molar-refractivity contribution >= 4 is 22.9 Å². The van der Waals surface area contributed by atoms with Crippen molar-refractivity contribution < 1.29 is 9.84 Å². The van der Waals surface area contributed by atoms with E-state index >= 15 is 0 Å². The fourth-order valence-corrected chi connectivity index (χ4v) is 3.83. The Hall–Kier alpha value is -0.170. The molecule has 2 heterocycles. The summed E-state index contributed by atoms with van der Waals surface area (Å²) in [6.07, 6.45) is -0.159. The number of nitrogens with two attached hydrogens (primary N) is 1. The normalized spacial score (nSPS) is 25.4. The summed E-state index contributed by atoms with van der Waals surface area (Å²) >= 11 is 7.57. The number of ether oxygens (including phenoxy) is 1. The van der Waals surface area contributed by atoms with Gasteiger partial charge in [-0.1, -0.05) is 11.6 Å². The molecule has 1 fully saturated rings. The van der Waals surface area contributed by atoms with Crippen molar-refractivity contribution in [3.63, 3.8) is 0 Å². The van der Waals surface area contributed by atoms with Crippen molar-refractivity contribution in [3.8, 4) is 0 Å². The summed E-state index contributed by atoms with van der Waals surface area (Å²) in [6.45, 7) is 6.12. The predicted octanol–water partition coefficient (Wildman–Crippen LogP) is 1.87. The number of hydrogen-bond acceptors (Lipinski definition) is 5. The molecule has 0 saturated carbocycles. The average Bonchev–Trinajstić information content (AvgIpc) is 2.74. The Morgan fingerprint density at radius 1 is 1.63 bits per heavy atom. The summed E-state index contributed by atoms with van der Waals surface area (Å²) in [5.74, 6) is 0. The highest BCUT2D eigenvalue weighted by Gasteiger charge is 2.36. The molecule has 0 amide bonds. The number of hydrogen-bond donors (Lipinski definition) is 2. The standard InChI is InChI=1S/C13H21ClN2O2S/c1-13(2)8-16(6-9(7-17)18-13)10(5-15)11-3-4-12(14)19-11/h3-4,9-10,17H,5-8,15H2,1-2H3. The maximum Gasteiger partial charge on any atom is 0.0940 e. The van der Waals surface area contributed by atoms with Crippen LogP contribution in [-0.4, -0.2) is 48.0 Å². The van der Waals surface area contributed by atoms with Crippen molar-refractivity contribution in [2.45, 2.75) is 31.6 Å². The van der Waals surface area contributed by atoms with Crippen LogP contribution in [0, 0.1) is 0 Å². The van der Waals surface area contributed by atoms with Crippen LogP contribution in [-0.2, 0) is 4.74 Å². The molecule has 6 heteroatoms. The first-order valence-corrected chi connectivity index (χ1v) is 7.62. The summed E-state index contributed by atoms with van der Waals surface area (Å²) in [5.41, 5.74) is 5.66. The molecule has 1 saturated heterocycles. The fourth-order valence-electron chi connectivity index (χ4n) is 2.63. The summed E-state index contributed by atoms with van der Waals surface area (Å²) < 4.78 is 6.61. The van der Waals surface area contributed by atoms with Crippen LogP contribution in [0.3, 0.4) is 0 Å². The fraction of sp³-hybridized carbons (Fsp3) is 0.692. The number of nitrogens with zero attached hydrogens (tertiary/aromatic N) is 1. The zero-order valence-electron chi connectivity index (χ0n) is 11.3. The first kappa shape index (κ1) is 15.2. The maximum absolute atomic E-state index is 9.37. The van der Waals surface area contributed by atoms with Crippen LogP contribution < -0.4 is 5.73 Å². The molecule has 0 aromatic carbocycles. The van der Waals surface area contributed by atoms with Gasteiger partial charge in [0.15, 0.2) is 0 Å². The van der Waals surface area contributed by atoms with Crippen LogP contribution in [0.15, 0.2) is 12.1 Å². The molecular formula is C13H21ClN2O2S. The lowest BCUT2D eigenvalue weighted by atomic mass is 10.0. The van der Waals surface area contributed by atoms with Gasteiger partial charge < -0.3 is 15.6 Å². The summed E-state index contributed by atoms with van der Waals surface area (Å²) in [6, 6.07) is 4.06. The minimum Gasteiger partial charge on any atom is -0.394 e. The van der Waals surface area contributed by atoms with Crippen LogP contribution in [0.4, 0.5) is 0 Å². The third kappa shape index (κ3) is 3.68. The van der Waals surface area contributed by atoms with Crippen LogP contribution >= 0.6 is 22.9 Å². The molecule has 4 nitrogen and oxygen atoms in total. The summed E-state index contributed by atoms with van der Waals surface area (Å²) in [7, 11) is 0. The SMILES string of the molecule is CC1(C)CN(C(CN)c2ccc(Cl)s2)CC(CO)O1. The highest BCUT2D eigenvalue weighted by atomic mass is 35.5. The van der Waals surface area contributed by atoms with Gasteiger partial charge in [-0.3, -0.25) is 4.90 Å². The number of halogens is 1. The zero-order chi connectivity index (χ0) is 14.0. The average molecular weight is 305 g/mol. The minimum atomic E-state index is -0.278. The largest absolute Gasteiger partial charge is 0.394 e. The molecule has 1 aromatic rings. The third-order valence-corrected chi connectivity index (χ3v) is 4.63. The third-order valence-electron chi connectivity index (χ3n) is 3.30. The van der Waals surface area contributed by atoms with Gasteiger partial charge in [0.05, 0.1) is 28.7 Å². The number of thiophene rings is 1. The second-order valence-electron chi connectivity index (χ2n) is 5.50. The molecule has 3 N–H and O–H groups in total. The van der Waals surface area contributed by atoms with Crippen molar-refractivity contribution in [3.05, 3.63) is 21.3 Å². The zero-order valence-corrected chi connectivity index (χ0v) is 12.9. The molecular weight excluding hydrogens is 284 g/mol. The maximum atomic E-state index is 9.37. The molecule has 0 radical (unpaired) electrons. The van der Waals surface area contributed by atoms with Crippen LogP contribution in [0.2, 0.25) is 4.34 Å². The van der Waals surface area contributed by atoms with Crippen molar-refractivity contribution in [1.82, 2.24) is 4.90 Å². The number of morpholine rings is 1. The monoisotopic (exact) mass is 304 g/mol. The van der Waals surface area contributed by atoms with Gasteiger partial charge in [0.2, 0.25) is 0 Å². The second kappa shape index (κ2) is 6.08. The van der Waals surface area contributed by atoms with E-state index in [2.05, 4.69) is 4.90 Å². The number of aliphatic hydroxyl groups excluding tert-OH is 1. The van der Waals surface area contributed by atoms with Gasteiger partial charge in [0, 0.05) is 24.5 Å². The van der Waals surface area contributed by atoms with Crippen LogP contribution in [0.25, 0.3) is 0 Å². The molecule has 2 unspecified atom stereocenters. The molecule has 2 rings (SSSR count). The Balaban J connectivity index is 2.17. The lowest BCUT2D eigenvalue weighted by Crippen LogP contribution is -2.55. The van der Waals surface area contributed by atoms with Gasteiger partial charge in [0.25, 0.3) is 0 Å². The van der Waals surface area contributed by atoms with E-state index in [-0.39, 0.29) is 24.4 Å². The van der Waals surface area contributed by atoms with E-state index < -0.39 is 0 Å². The van der Waals surface area contributed by atoms with E-state index in [1.807, 2.05) is 26.0 Å². The molecule has 2 atom stereocenters. The van der Waals surface area contributed by atoms with Crippen molar-refractivity contribution in [2.24, 2.45) is 5.73 Å². The number of rotatable bonds is 4. The molecule has 1 aliphatic heterocycles. The first-order chi connectivity index (χ1) is 8.95. The molecule has 1 aliphatic rings. The Labute approximate surface area is 123 Å². The van der Waals surface area contributed by atoms with E-state index in [1.54, 1.807) is 11.3 Å². The van der Waals surface area contributed by atoms with Gasteiger partial charge >= 0.3 is 0 Å². The van der Waals surface area contributed by atoms with Gasteiger partial charge in [-0.15, -0.1) is 11.3 Å². The molecule has 0 aliphatic carbocycles. The van der Waals surface area contributed by atoms with E-state index in [0.29, 0.717) is 13.1 Å². The first-order valence-electron chi connectivity index (χ1n) is 6.43. The lowest BCUT2D eigenvalue weighted by Gasteiger charge is -2.45. The Morgan fingerprint density at radius 3 is 2.89 bits per heavy atom. The molecule has 108 valence electrons. The van der Waals surface area contributed by atoms with E-state index in [0.717, 1.165) is 10.9 Å². The van der Waals surface area contributed by atoms with Crippen LogP contribution in [0.5, 0.6) is 0 Å². The van der Waals surface area contributed by atoms with E-state index in [4.69, 9.17) is 22.1 Å². The van der Waals surface area contributed by atoms with E-state index in [9.17, 15) is 5.11 Å². The predicted molar refractivity (Wildman–Crippen MR) is 78.7 cm³/mol. The molecule has 0 spiro atoms. The highest BCUT2D eigenvalue weighted by molar-refractivity contribution is 7.16. The Morgan fingerprint density at radius 2 is 2.37 bits per heavy atom. The Kier molecular flexibility index (Phi) is 4.87. The summed E-state index contributed by atoms with van der Waals surface area (Å²) in [5, 5.41) is 9.37. The Bertz CT molecular complexity index is 425. The van der Waals surface area contributed by atoms with Gasteiger partial charge in [-0.25, -0.2) is 0 Å². The molecule has 0 bridgehead atoms. The summed E-state index contributed by atoms with van der Waals surface area (Å²) in [4.78, 5) is 3.45. The van der Waals surface area contributed by atoms with Gasteiger partial charge in [-0.2, -0.15) is 0 Å². The lowest BCUT2D eigenvalue weighted by molar-refractivity contribution is -0.156. The number of aliphatic hydroxyl groups is 1. The second-order valence-corrected chi connectivity index (χ2v) is 7.25. The molecule has 19 heavy (non-hydrogen) atoms. The van der Waals surface area contributed by atoms with Crippen LogP contribution in [0.1, 0.15) is 24.8 Å². The van der Waals surface area contributed by atoms with Gasteiger partial charge in [0.1, 0.15) is 0 Å². The quantitative estimate of drug-likeness (QED) is 0.891.